The van der Waals surface area contributed by atoms with Crippen LogP contribution >= 0.6 is 0 Å². The van der Waals surface area contributed by atoms with Gasteiger partial charge in [-0.3, -0.25) is 14.4 Å². The lowest BCUT2D eigenvalue weighted by atomic mass is 9.79. The summed E-state index contributed by atoms with van der Waals surface area (Å²) in [6, 6.07) is 21.0. The molecule has 47 heavy (non-hydrogen) atoms. The fourth-order valence-corrected chi connectivity index (χ4v) is 5.14. The van der Waals surface area contributed by atoms with Gasteiger partial charge in [0.15, 0.2) is 0 Å². The highest BCUT2D eigenvalue weighted by Gasteiger charge is 2.39. The van der Waals surface area contributed by atoms with E-state index in [1.807, 2.05) is 29.6 Å². The average Bonchev–Trinajstić information content (AvgIpc) is 3.39. The van der Waals surface area contributed by atoms with Gasteiger partial charge in [0.1, 0.15) is 17.1 Å². The molecule has 0 saturated carbocycles. The van der Waals surface area contributed by atoms with E-state index in [1.165, 1.54) is 12.1 Å². The second-order valence-electron chi connectivity index (χ2n) is 10.7. The molecule has 0 aromatic heterocycles. The molecule has 0 spiro atoms. The summed E-state index contributed by atoms with van der Waals surface area (Å²) in [6.45, 7) is 0.158. The minimum Gasteiger partial charge on any atom is -0.497 e. The van der Waals surface area contributed by atoms with Gasteiger partial charge in [-0.2, -0.15) is 13.2 Å². The lowest BCUT2D eigenvalue weighted by molar-refractivity contribution is -0.173. The number of imide groups is 1. The van der Waals surface area contributed by atoms with Crippen LogP contribution in [-0.2, 0) is 29.6 Å². The highest BCUT2D eigenvalue weighted by molar-refractivity contribution is 6.02. The van der Waals surface area contributed by atoms with Gasteiger partial charge in [-0.05, 0) is 65.9 Å². The summed E-state index contributed by atoms with van der Waals surface area (Å²) >= 11 is 0. The molecule has 1 N–H and O–H groups in total. The summed E-state index contributed by atoms with van der Waals surface area (Å²) in [5, 5.41) is 2.36. The van der Waals surface area contributed by atoms with Gasteiger partial charge >= 0.3 is 18.1 Å². The van der Waals surface area contributed by atoms with Crippen molar-refractivity contribution in [1.82, 2.24) is 10.4 Å². The van der Waals surface area contributed by atoms with Gasteiger partial charge in [0.05, 0.1) is 19.8 Å². The van der Waals surface area contributed by atoms with Crippen LogP contribution in [0.2, 0.25) is 0 Å². The summed E-state index contributed by atoms with van der Waals surface area (Å²) in [7, 11) is 3.11. The Hall–Kier alpha value is -4.91. The molecule has 1 aliphatic rings. The Morgan fingerprint density at radius 2 is 1.19 bits per heavy atom. The third-order valence-electron chi connectivity index (χ3n) is 7.63. The molecule has 3 amide bonds. The average molecular weight is 657 g/mol. The summed E-state index contributed by atoms with van der Waals surface area (Å²) in [6.07, 6.45) is -2.84. The molecule has 1 aliphatic heterocycles. The predicted octanol–water partition coefficient (Wildman–Crippen LogP) is 5.47. The van der Waals surface area contributed by atoms with Crippen LogP contribution in [0.5, 0.6) is 11.5 Å². The molecule has 13 heteroatoms. The lowest BCUT2D eigenvalue weighted by Crippen LogP contribution is -2.37. The number of halogens is 3. The minimum absolute atomic E-state index is 0.0245. The number of unbranched alkanes of at least 4 members (excludes halogenated alkanes) is 3. The zero-order valence-electron chi connectivity index (χ0n) is 25.9. The van der Waals surface area contributed by atoms with Gasteiger partial charge in [-0.25, -0.2) is 4.79 Å². The van der Waals surface area contributed by atoms with Crippen LogP contribution in [0, 0.1) is 0 Å². The zero-order valence-corrected chi connectivity index (χ0v) is 25.9. The first kappa shape index (κ1) is 35.0. The van der Waals surface area contributed by atoms with E-state index in [9.17, 15) is 32.3 Å². The number of nitrogens with zero attached hydrogens (tertiary/aromatic N) is 1. The van der Waals surface area contributed by atoms with Crippen molar-refractivity contribution in [2.75, 3.05) is 27.4 Å². The number of amides is 3. The predicted molar refractivity (Wildman–Crippen MR) is 162 cm³/mol. The van der Waals surface area contributed by atoms with Crippen LogP contribution in [0.15, 0.2) is 72.8 Å². The molecule has 0 bridgehead atoms. The number of ether oxygens (including phenoxy) is 3. The fraction of sp³-hybridized carbons (Fsp3) is 0.353. The van der Waals surface area contributed by atoms with Gasteiger partial charge in [-0.1, -0.05) is 49.2 Å². The van der Waals surface area contributed by atoms with Crippen molar-refractivity contribution in [3.8, 4) is 11.5 Å². The Balaban J connectivity index is 1.59. The smallest absolute Gasteiger partial charge is 0.471 e. The SMILES string of the molecule is COc1ccc(C(OCCCCCCNC(=O)C(F)(F)F)(c2ccc(OC)cc2)c2ccc(C(=O)ON3C(=O)CCC3=O)cc2)cc1. The van der Waals surface area contributed by atoms with E-state index in [0.29, 0.717) is 47.8 Å². The largest absolute Gasteiger partial charge is 0.497 e. The standard InChI is InChI=1S/C34H35F3N2O8/c1-44-27-15-11-25(12-16-27)33(26-13-17-28(45-2)18-14-26,46-22-6-4-3-5-21-38-32(43)34(35,36)37)24-9-7-23(8-10-24)31(42)47-39-29(40)19-20-30(39)41/h7-18H,3-6,19-22H2,1-2H3,(H,38,43). The first-order valence-corrected chi connectivity index (χ1v) is 15.0. The van der Waals surface area contributed by atoms with Crippen LogP contribution in [0.4, 0.5) is 13.2 Å². The Bertz CT molecular complexity index is 1480. The van der Waals surface area contributed by atoms with E-state index in [4.69, 9.17) is 19.0 Å². The number of carbonyl (C=O) groups is 4. The van der Waals surface area contributed by atoms with Crippen LogP contribution < -0.4 is 14.8 Å². The highest BCUT2D eigenvalue weighted by atomic mass is 19.4. The first-order chi connectivity index (χ1) is 22.5. The number of carbonyl (C=O) groups excluding carboxylic acids is 4. The van der Waals surface area contributed by atoms with Gasteiger partial charge < -0.3 is 24.4 Å². The van der Waals surface area contributed by atoms with Crippen molar-refractivity contribution in [2.45, 2.75) is 50.3 Å². The summed E-state index contributed by atoms with van der Waals surface area (Å²) in [5.41, 5.74) is 1.02. The molecule has 10 nitrogen and oxygen atoms in total. The molecule has 3 aromatic rings. The highest BCUT2D eigenvalue weighted by Crippen LogP contribution is 2.42. The maximum atomic E-state index is 12.8. The topological polar surface area (TPSA) is 120 Å². The number of hydroxylamine groups is 2. The van der Waals surface area contributed by atoms with Gasteiger partial charge in [0.25, 0.3) is 11.8 Å². The summed E-state index contributed by atoms with van der Waals surface area (Å²) < 4.78 is 54.7. The summed E-state index contributed by atoms with van der Waals surface area (Å²) in [4.78, 5) is 52.8. The Morgan fingerprint density at radius 1 is 0.723 bits per heavy atom. The second-order valence-corrected chi connectivity index (χ2v) is 10.7. The molecular weight excluding hydrogens is 621 g/mol. The van der Waals surface area contributed by atoms with Crippen molar-refractivity contribution in [3.63, 3.8) is 0 Å². The van der Waals surface area contributed by atoms with E-state index >= 15 is 0 Å². The number of nitrogens with one attached hydrogen (secondary N) is 1. The number of rotatable bonds is 15. The molecule has 0 unspecified atom stereocenters. The first-order valence-electron chi connectivity index (χ1n) is 15.0. The van der Waals surface area contributed by atoms with Crippen LogP contribution in [0.3, 0.4) is 0 Å². The van der Waals surface area contributed by atoms with Gasteiger partial charge in [-0.15, -0.1) is 5.06 Å². The Morgan fingerprint density at radius 3 is 1.66 bits per heavy atom. The summed E-state index contributed by atoms with van der Waals surface area (Å²) in [5.74, 6) is -2.75. The van der Waals surface area contributed by atoms with E-state index in [2.05, 4.69) is 0 Å². The molecule has 0 radical (unpaired) electrons. The fourth-order valence-electron chi connectivity index (χ4n) is 5.14. The third-order valence-corrected chi connectivity index (χ3v) is 7.63. The van der Waals surface area contributed by atoms with Crippen molar-refractivity contribution in [2.24, 2.45) is 0 Å². The van der Waals surface area contributed by atoms with E-state index in [-0.39, 0.29) is 31.6 Å². The minimum atomic E-state index is -4.91. The Labute approximate surface area is 269 Å². The van der Waals surface area contributed by atoms with Crippen LogP contribution in [0.25, 0.3) is 0 Å². The van der Waals surface area contributed by atoms with E-state index in [0.717, 1.165) is 11.1 Å². The number of hydrogen-bond acceptors (Lipinski definition) is 8. The third kappa shape index (κ3) is 8.47. The number of benzene rings is 3. The zero-order chi connectivity index (χ0) is 34.0. The van der Waals surface area contributed by atoms with Crippen molar-refractivity contribution in [1.29, 1.82) is 0 Å². The number of alkyl halides is 3. The molecule has 250 valence electrons. The van der Waals surface area contributed by atoms with Crippen LogP contribution in [-0.4, -0.2) is 62.3 Å². The molecule has 1 saturated heterocycles. The molecular formula is C34H35F3N2O8. The Kier molecular flexibility index (Phi) is 11.6. The molecule has 4 rings (SSSR count). The van der Waals surface area contributed by atoms with E-state index < -0.39 is 35.5 Å². The van der Waals surface area contributed by atoms with Crippen LogP contribution in [0.1, 0.15) is 65.6 Å². The van der Waals surface area contributed by atoms with E-state index in [1.54, 1.807) is 50.6 Å². The molecule has 3 aromatic carbocycles. The second kappa shape index (κ2) is 15.6. The van der Waals surface area contributed by atoms with Gasteiger partial charge in [0.2, 0.25) is 0 Å². The number of methoxy groups -OCH3 is 2. The van der Waals surface area contributed by atoms with Gasteiger partial charge in [0, 0.05) is 26.0 Å². The van der Waals surface area contributed by atoms with Crippen molar-refractivity contribution < 1.29 is 51.4 Å². The molecule has 1 fully saturated rings. The van der Waals surface area contributed by atoms with Crippen molar-refractivity contribution >= 4 is 23.7 Å². The maximum Gasteiger partial charge on any atom is 0.471 e. The quantitative estimate of drug-likeness (QED) is 0.130. The monoisotopic (exact) mass is 656 g/mol. The molecule has 0 aliphatic carbocycles. The maximum absolute atomic E-state index is 12.8. The lowest BCUT2D eigenvalue weighted by Gasteiger charge is -2.36. The molecule has 0 atom stereocenters. The molecule has 1 heterocycles. The van der Waals surface area contributed by atoms with Crippen molar-refractivity contribution in [3.05, 3.63) is 95.1 Å². The number of hydrogen-bond donors (Lipinski definition) is 1. The normalized spacial score (nSPS) is 13.4.